The van der Waals surface area contributed by atoms with Crippen LogP contribution in [0.15, 0.2) is 29.9 Å². The van der Waals surface area contributed by atoms with Gasteiger partial charge in [-0.25, -0.2) is 0 Å². The number of fused-ring (bicyclic) bond motifs is 1. The molecular formula is C17H23N3OS. The van der Waals surface area contributed by atoms with Crippen LogP contribution in [0.4, 0.5) is 0 Å². The molecule has 1 aliphatic heterocycles. The Hall–Kier alpha value is -1.17. The van der Waals surface area contributed by atoms with Crippen LogP contribution in [0.1, 0.15) is 29.3 Å². The van der Waals surface area contributed by atoms with Crippen molar-refractivity contribution in [1.29, 1.82) is 0 Å². The lowest BCUT2D eigenvalue weighted by atomic mass is 9.77. The van der Waals surface area contributed by atoms with E-state index in [2.05, 4.69) is 40.6 Å². The number of rotatable bonds is 3. The van der Waals surface area contributed by atoms with Crippen molar-refractivity contribution in [2.24, 2.45) is 11.8 Å². The molecule has 0 unspecified atom stereocenters. The molecule has 4 rings (SSSR count). The van der Waals surface area contributed by atoms with Crippen molar-refractivity contribution in [3.63, 3.8) is 0 Å². The highest BCUT2D eigenvalue weighted by Gasteiger charge is 2.42. The van der Waals surface area contributed by atoms with Crippen molar-refractivity contribution in [1.82, 2.24) is 14.7 Å². The minimum Gasteiger partial charge on any atom is -0.391 e. The molecule has 2 aliphatic rings. The van der Waals surface area contributed by atoms with Gasteiger partial charge >= 0.3 is 0 Å². The van der Waals surface area contributed by atoms with Crippen LogP contribution in [0.25, 0.3) is 0 Å². The highest BCUT2D eigenvalue weighted by molar-refractivity contribution is 7.09. The first-order valence-corrected chi connectivity index (χ1v) is 9.00. The van der Waals surface area contributed by atoms with Gasteiger partial charge in [-0.3, -0.25) is 9.58 Å². The first-order chi connectivity index (χ1) is 10.7. The van der Waals surface area contributed by atoms with Crippen molar-refractivity contribution in [3.05, 3.63) is 40.3 Å². The Bertz CT molecular complexity index is 624. The summed E-state index contributed by atoms with van der Waals surface area (Å²) in [7, 11) is 0. The summed E-state index contributed by atoms with van der Waals surface area (Å²) in [6.45, 7) is 5.41. The first-order valence-electron chi connectivity index (χ1n) is 8.12. The Morgan fingerprint density at radius 1 is 1.32 bits per heavy atom. The predicted octanol–water partition coefficient (Wildman–Crippen LogP) is 2.70. The summed E-state index contributed by atoms with van der Waals surface area (Å²) in [5, 5.41) is 17.1. The molecular weight excluding hydrogens is 294 g/mol. The van der Waals surface area contributed by atoms with E-state index in [0.717, 1.165) is 32.5 Å². The van der Waals surface area contributed by atoms with Gasteiger partial charge in [0.1, 0.15) is 0 Å². The molecule has 4 nitrogen and oxygen atoms in total. The van der Waals surface area contributed by atoms with E-state index in [-0.39, 0.29) is 12.1 Å². The number of nitrogens with zero attached hydrogens (tertiary/aromatic N) is 3. The van der Waals surface area contributed by atoms with E-state index in [1.54, 1.807) is 0 Å². The Kier molecular flexibility index (Phi) is 3.80. The van der Waals surface area contributed by atoms with Gasteiger partial charge in [0, 0.05) is 30.7 Å². The zero-order chi connectivity index (χ0) is 15.1. The topological polar surface area (TPSA) is 41.3 Å². The molecule has 0 spiro atoms. The number of aliphatic hydroxyl groups excluding tert-OH is 1. The fourth-order valence-electron chi connectivity index (χ4n) is 4.16. The van der Waals surface area contributed by atoms with E-state index in [0.29, 0.717) is 11.8 Å². The molecule has 22 heavy (non-hydrogen) atoms. The number of hydrogen-bond donors (Lipinski definition) is 1. The highest BCUT2D eigenvalue weighted by atomic mass is 32.1. The van der Waals surface area contributed by atoms with Gasteiger partial charge in [-0.15, -0.1) is 11.3 Å². The van der Waals surface area contributed by atoms with Crippen molar-refractivity contribution in [2.75, 3.05) is 13.1 Å². The van der Waals surface area contributed by atoms with E-state index in [9.17, 15) is 5.11 Å². The molecule has 1 aliphatic carbocycles. The molecule has 118 valence electrons. The van der Waals surface area contributed by atoms with Gasteiger partial charge in [0.25, 0.3) is 0 Å². The van der Waals surface area contributed by atoms with Crippen LogP contribution in [0, 0.1) is 18.8 Å². The summed E-state index contributed by atoms with van der Waals surface area (Å²) in [5.74, 6) is 1.33. The van der Waals surface area contributed by atoms with Gasteiger partial charge in [-0.2, -0.15) is 5.10 Å². The van der Waals surface area contributed by atoms with Crippen molar-refractivity contribution in [3.8, 4) is 0 Å². The van der Waals surface area contributed by atoms with Crippen molar-refractivity contribution in [2.45, 2.75) is 38.5 Å². The largest absolute Gasteiger partial charge is 0.391 e. The van der Waals surface area contributed by atoms with Gasteiger partial charge < -0.3 is 5.11 Å². The highest BCUT2D eigenvalue weighted by Crippen LogP contribution is 2.41. The molecule has 2 fully saturated rings. The van der Waals surface area contributed by atoms with E-state index in [1.165, 1.54) is 10.4 Å². The average molecular weight is 317 g/mol. The van der Waals surface area contributed by atoms with E-state index in [4.69, 9.17) is 0 Å². The lowest BCUT2D eigenvalue weighted by Crippen LogP contribution is -2.36. The van der Waals surface area contributed by atoms with E-state index >= 15 is 0 Å². The van der Waals surface area contributed by atoms with Gasteiger partial charge in [0.05, 0.1) is 18.3 Å². The first kappa shape index (κ1) is 14.4. The predicted molar refractivity (Wildman–Crippen MR) is 87.8 cm³/mol. The smallest absolute Gasteiger partial charge is 0.0781 e. The SMILES string of the molecule is Cc1cnn([C@H]2C[C@H]3CN(Cc4cccs4)C[C@H]3C[C@@H]2O)c1. The fourth-order valence-corrected chi connectivity index (χ4v) is 4.90. The lowest BCUT2D eigenvalue weighted by molar-refractivity contribution is 0.0306. The molecule has 0 amide bonds. The average Bonchev–Trinajstić information content (AvgIpc) is 3.19. The monoisotopic (exact) mass is 317 g/mol. The van der Waals surface area contributed by atoms with Gasteiger partial charge in [-0.05, 0) is 48.6 Å². The van der Waals surface area contributed by atoms with Crippen LogP contribution < -0.4 is 0 Å². The third-order valence-corrected chi connectivity index (χ3v) is 6.08. The second-order valence-corrected chi connectivity index (χ2v) is 7.93. The second-order valence-electron chi connectivity index (χ2n) is 6.90. The standard InChI is InChI=1S/C17H23N3OS/c1-12-7-18-20(8-12)16-5-13-9-19(10-14(13)6-17(16)21)11-15-3-2-4-22-15/h2-4,7-8,13-14,16-17,21H,5-6,9-11H2,1H3/t13-,14+,16-,17-/m0/s1. The van der Waals surface area contributed by atoms with E-state index in [1.807, 2.05) is 22.2 Å². The third-order valence-electron chi connectivity index (χ3n) is 5.21. The minimum absolute atomic E-state index is 0.150. The van der Waals surface area contributed by atoms with Crippen LogP contribution in [-0.4, -0.2) is 39.0 Å². The molecule has 0 radical (unpaired) electrons. The normalized spacial score (nSPS) is 32.3. The number of hydrogen-bond acceptors (Lipinski definition) is 4. The van der Waals surface area contributed by atoms with Crippen LogP contribution >= 0.6 is 11.3 Å². The third kappa shape index (κ3) is 2.73. The minimum atomic E-state index is -0.262. The number of thiophene rings is 1. The summed E-state index contributed by atoms with van der Waals surface area (Å²) >= 11 is 1.84. The number of likely N-dealkylation sites (tertiary alicyclic amines) is 1. The quantitative estimate of drug-likeness (QED) is 0.946. The van der Waals surface area contributed by atoms with Crippen LogP contribution in [0.3, 0.4) is 0 Å². The summed E-state index contributed by atoms with van der Waals surface area (Å²) in [6, 6.07) is 4.50. The maximum absolute atomic E-state index is 10.5. The van der Waals surface area contributed by atoms with Gasteiger partial charge in [0.15, 0.2) is 0 Å². The molecule has 1 saturated heterocycles. The fraction of sp³-hybridized carbons (Fsp3) is 0.588. The Morgan fingerprint density at radius 2 is 2.14 bits per heavy atom. The number of aromatic nitrogens is 2. The molecule has 1 saturated carbocycles. The summed E-state index contributed by atoms with van der Waals surface area (Å²) in [4.78, 5) is 4.00. The van der Waals surface area contributed by atoms with Crippen molar-refractivity contribution < 1.29 is 5.11 Å². The van der Waals surface area contributed by atoms with Crippen LogP contribution in [0.5, 0.6) is 0 Å². The molecule has 2 aromatic rings. The maximum atomic E-state index is 10.5. The Labute approximate surface area is 135 Å². The lowest BCUT2D eigenvalue weighted by Gasteiger charge is -2.35. The molecule has 0 bridgehead atoms. The second kappa shape index (κ2) is 5.80. The molecule has 2 aromatic heterocycles. The van der Waals surface area contributed by atoms with Crippen LogP contribution in [-0.2, 0) is 6.54 Å². The molecule has 0 aromatic carbocycles. The van der Waals surface area contributed by atoms with E-state index < -0.39 is 0 Å². The van der Waals surface area contributed by atoms with Gasteiger partial charge in [0.2, 0.25) is 0 Å². The molecule has 5 heteroatoms. The summed E-state index contributed by atoms with van der Waals surface area (Å²) in [5.41, 5.74) is 1.17. The Morgan fingerprint density at radius 3 is 2.82 bits per heavy atom. The molecule has 3 heterocycles. The van der Waals surface area contributed by atoms with Gasteiger partial charge in [-0.1, -0.05) is 6.07 Å². The zero-order valence-electron chi connectivity index (χ0n) is 12.9. The summed E-state index contributed by atoms with van der Waals surface area (Å²) in [6.07, 6.45) is 5.65. The number of aryl methyl sites for hydroxylation is 1. The zero-order valence-corrected chi connectivity index (χ0v) is 13.7. The van der Waals surface area contributed by atoms with Crippen molar-refractivity contribution >= 4 is 11.3 Å². The van der Waals surface area contributed by atoms with Crippen LogP contribution in [0.2, 0.25) is 0 Å². The molecule has 1 N–H and O–H groups in total. The summed E-state index contributed by atoms with van der Waals surface area (Å²) < 4.78 is 1.98. The number of aliphatic hydroxyl groups is 1. The maximum Gasteiger partial charge on any atom is 0.0781 e. The molecule has 4 atom stereocenters. The Balaban J connectivity index is 1.44.